The fraction of sp³-hybridized carbons (Fsp3) is 0.357. The van der Waals surface area contributed by atoms with Crippen LogP contribution in [0.4, 0.5) is 0 Å². The van der Waals surface area contributed by atoms with E-state index in [4.69, 9.17) is 21.6 Å². The first kappa shape index (κ1) is 16.5. The highest BCUT2D eigenvalue weighted by molar-refractivity contribution is 9.10. The van der Waals surface area contributed by atoms with Gasteiger partial charge in [0.05, 0.1) is 6.61 Å². The fourth-order valence-electron chi connectivity index (χ4n) is 1.49. The first-order valence-electron chi connectivity index (χ1n) is 6.05. The van der Waals surface area contributed by atoms with Crippen molar-refractivity contribution in [1.29, 1.82) is 0 Å². The van der Waals surface area contributed by atoms with Gasteiger partial charge in [-0.1, -0.05) is 21.9 Å². The number of benzene rings is 1. The number of carbonyl (C=O) groups is 1. The Morgan fingerprint density at radius 1 is 1.50 bits per heavy atom. The van der Waals surface area contributed by atoms with Gasteiger partial charge in [-0.2, -0.15) is 0 Å². The van der Waals surface area contributed by atoms with Gasteiger partial charge < -0.3 is 20.5 Å². The van der Waals surface area contributed by atoms with E-state index in [1.165, 1.54) is 0 Å². The van der Waals surface area contributed by atoms with E-state index in [2.05, 4.69) is 27.2 Å². The van der Waals surface area contributed by atoms with Gasteiger partial charge in [0.25, 0.3) is 0 Å². The van der Waals surface area contributed by atoms with E-state index in [-0.39, 0.29) is 13.2 Å². The van der Waals surface area contributed by atoms with E-state index in [9.17, 15) is 4.79 Å². The molecule has 0 aliphatic rings. The summed E-state index contributed by atoms with van der Waals surface area (Å²) in [6, 6.07) is 5.72. The van der Waals surface area contributed by atoms with Gasteiger partial charge in [0.15, 0.2) is 0 Å². The van der Waals surface area contributed by atoms with Crippen LogP contribution in [0.5, 0.6) is 5.75 Å². The maximum Gasteiger partial charge on any atom is 0.243 e. The SMILES string of the molecule is C#CCOc1ccc(Br)cc1CNCCOCC(N)=O. The molecule has 0 fully saturated rings. The average molecular weight is 341 g/mol. The van der Waals surface area contributed by atoms with Crippen LogP contribution in [0, 0.1) is 12.3 Å². The molecule has 0 saturated carbocycles. The summed E-state index contributed by atoms with van der Waals surface area (Å²) in [6.45, 7) is 1.80. The Kier molecular flexibility index (Phi) is 7.73. The van der Waals surface area contributed by atoms with Gasteiger partial charge in [0, 0.05) is 23.1 Å². The zero-order valence-electron chi connectivity index (χ0n) is 11.0. The highest BCUT2D eigenvalue weighted by atomic mass is 79.9. The minimum atomic E-state index is -0.470. The Labute approximate surface area is 126 Å². The number of primary amides is 1. The largest absolute Gasteiger partial charge is 0.481 e. The van der Waals surface area contributed by atoms with Gasteiger partial charge in [-0.15, -0.1) is 6.42 Å². The molecule has 0 aliphatic carbocycles. The smallest absolute Gasteiger partial charge is 0.243 e. The highest BCUT2D eigenvalue weighted by Crippen LogP contribution is 2.23. The Balaban J connectivity index is 2.40. The molecule has 1 aromatic carbocycles. The summed E-state index contributed by atoms with van der Waals surface area (Å²) in [6.07, 6.45) is 5.18. The topological polar surface area (TPSA) is 73.6 Å². The monoisotopic (exact) mass is 340 g/mol. The van der Waals surface area contributed by atoms with E-state index in [0.717, 1.165) is 15.8 Å². The van der Waals surface area contributed by atoms with Gasteiger partial charge in [-0.05, 0) is 18.2 Å². The van der Waals surface area contributed by atoms with Gasteiger partial charge in [-0.3, -0.25) is 4.79 Å². The first-order valence-corrected chi connectivity index (χ1v) is 6.84. The lowest BCUT2D eigenvalue weighted by atomic mass is 10.2. The second-order valence-corrected chi connectivity index (χ2v) is 4.86. The van der Waals surface area contributed by atoms with Crippen LogP contribution in [0.25, 0.3) is 0 Å². The van der Waals surface area contributed by atoms with Crippen LogP contribution < -0.4 is 15.8 Å². The number of halogens is 1. The molecule has 0 spiro atoms. The molecule has 0 radical (unpaired) electrons. The molecule has 3 N–H and O–H groups in total. The zero-order chi connectivity index (χ0) is 14.8. The third-order valence-corrected chi connectivity index (χ3v) is 2.81. The highest BCUT2D eigenvalue weighted by Gasteiger charge is 2.04. The average Bonchev–Trinajstić information content (AvgIpc) is 2.41. The minimum Gasteiger partial charge on any atom is -0.481 e. The normalized spacial score (nSPS) is 10.0. The molecule has 0 aromatic heterocycles. The van der Waals surface area contributed by atoms with Crippen LogP contribution in [-0.2, 0) is 16.1 Å². The van der Waals surface area contributed by atoms with Crippen LogP contribution in [0.15, 0.2) is 22.7 Å². The number of ether oxygens (including phenoxy) is 2. The van der Waals surface area contributed by atoms with Gasteiger partial charge in [-0.25, -0.2) is 0 Å². The Morgan fingerprint density at radius 3 is 3.00 bits per heavy atom. The summed E-state index contributed by atoms with van der Waals surface area (Å²) < 4.78 is 11.5. The van der Waals surface area contributed by atoms with Crippen molar-refractivity contribution >= 4 is 21.8 Å². The molecule has 108 valence electrons. The Morgan fingerprint density at radius 2 is 2.30 bits per heavy atom. The maximum absolute atomic E-state index is 10.5. The molecule has 1 aromatic rings. The van der Waals surface area contributed by atoms with Crippen LogP contribution in [0.1, 0.15) is 5.56 Å². The number of rotatable bonds is 9. The van der Waals surface area contributed by atoms with Crippen molar-refractivity contribution < 1.29 is 14.3 Å². The lowest BCUT2D eigenvalue weighted by Crippen LogP contribution is -2.24. The molecule has 0 heterocycles. The predicted octanol–water partition coefficient (Wildman–Crippen LogP) is 1.05. The van der Waals surface area contributed by atoms with Crippen LogP contribution in [-0.4, -0.2) is 32.3 Å². The summed E-state index contributed by atoms with van der Waals surface area (Å²) >= 11 is 3.41. The van der Waals surface area contributed by atoms with E-state index >= 15 is 0 Å². The standard InChI is InChI=1S/C14H17BrN2O3/c1-2-6-20-13-4-3-12(15)8-11(13)9-17-5-7-19-10-14(16)18/h1,3-4,8,17H,5-7,9-10H2,(H2,16,18). The molecule has 0 aliphatic heterocycles. The third kappa shape index (κ3) is 6.57. The molecule has 1 amide bonds. The molecule has 0 bridgehead atoms. The van der Waals surface area contributed by atoms with Crippen molar-refractivity contribution in [3.63, 3.8) is 0 Å². The van der Waals surface area contributed by atoms with Gasteiger partial charge in [0.1, 0.15) is 19.0 Å². The summed E-state index contributed by atoms with van der Waals surface area (Å²) in [4.78, 5) is 10.5. The number of hydrogen-bond donors (Lipinski definition) is 2. The van der Waals surface area contributed by atoms with E-state index in [0.29, 0.717) is 19.7 Å². The van der Waals surface area contributed by atoms with Crippen molar-refractivity contribution in [2.24, 2.45) is 5.73 Å². The lowest BCUT2D eigenvalue weighted by molar-refractivity contribution is -0.122. The molecule has 20 heavy (non-hydrogen) atoms. The molecule has 6 heteroatoms. The van der Waals surface area contributed by atoms with Crippen LogP contribution in [0.3, 0.4) is 0 Å². The molecule has 0 saturated heterocycles. The molecule has 1 rings (SSSR count). The predicted molar refractivity (Wildman–Crippen MR) is 80.2 cm³/mol. The second-order valence-electron chi connectivity index (χ2n) is 3.94. The number of amides is 1. The van der Waals surface area contributed by atoms with Crippen LogP contribution in [0.2, 0.25) is 0 Å². The summed E-state index contributed by atoms with van der Waals surface area (Å²) in [5.41, 5.74) is 5.95. The lowest BCUT2D eigenvalue weighted by Gasteiger charge is -2.11. The molecule has 5 nitrogen and oxygen atoms in total. The van der Waals surface area contributed by atoms with E-state index in [1.54, 1.807) is 0 Å². The molecule has 0 unspecified atom stereocenters. The van der Waals surface area contributed by atoms with E-state index < -0.39 is 5.91 Å². The summed E-state index contributed by atoms with van der Waals surface area (Å²) in [7, 11) is 0. The Hall–Kier alpha value is -1.55. The van der Waals surface area contributed by atoms with Crippen molar-refractivity contribution in [3.8, 4) is 18.1 Å². The van der Waals surface area contributed by atoms with E-state index in [1.807, 2.05) is 18.2 Å². The Bertz CT molecular complexity index is 486. The number of hydrogen-bond acceptors (Lipinski definition) is 4. The maximum atomic E-state index is 10.5. The number of nitrogens with one attached hydrogen (secondary N) is 1. The first-order chi connectivity index (χ1) is 9.63. The molecular formula is C14H17BrN2O3. The second kappa shape index (κ2) is 9.37. The van der Waals surface area contributed by atoms with Gasteiger partial charge >= 0.3 is 0 Å². The van der Waals surface area contributed by atoms with Crippen molar-refractivity contribution in [3.05, 3.63) is 28.2 Å². The summed E-state index contributed by atoms with van der Waals surface area (Å²) in [5.74, 6) is 2.71. The number of carbonyl (C=O) groups excluding carboxylic acids is 1. The quantitative estimate of drug-likeness (QED) is 0.520. The van der Waals surface area contributed by atoms with Crippen molar-refractivity contribution in [1.82, 2.24) is 5.32 Å². The van der Waals surface area contributed by atoms with Crippen molar-refractivity contribution in [2.75, 3.05) is 26.4 Å². The third-order valence-electron chi connectivity index (χ3n) is 2.32. The number of nitrogens with two attached hydrogens (primary N) is 1. The number of terminal acetylenes is 1. The van der Waals surface area contributed by atoms with Crippen molar-refractivity contribution in [2.45, 2.75) is 6.54 Å². The van der Waals surface area contributed by atoms with Crippen LogP contribution >= 0.6 is 15.9 Å². The molecule has 0 atom stereocenters. The van der Waals surface area contributed by atoms with Gasteiger partial charge in [0.2, 0.25) is 5.91 Å². The zero-order valence-corrected chi connectivity index (χ0v) is 12.6. The fourth-order valence-corrected chi connectivity index (χ4v) is 1.90. The molecular weight excluding hydrogens is 324 g/mol. The minimum absolute atomic E-state index is 0.0604. The summed E-state index contributed by atoms with van der Waals surface area (Å²) in [5, 5.41) is 3.19.